The van der Waals surface area contributed by atoms with Gasteiger partial charge in [-0.15, -0.1) is 11.3 Å². The SMILES string of the molecule is C/C(=C\N(C)C(=O)Cc1ccc(C(C)(C)N)cc1)c1cc(-c2csc3ccccc23)ccn1. The first-order valence-corrected chi connectivity index (χ1v) is 11.9. The number of aromatic nitrogens is 1. The molecule has 0 aliphatic carbocycles. The zero-order valence-electron chi connectivity index (χ0n) is 19.5. The van der Waals surface area contributed by atoms with Gasteiger partial charge in [0.1, 0.15) is 0 Å². The molecule has 0 spiro atoms. The number of carbonyl (C=O) groups excluding carboxylic acids is 1. The van der Waals surface area contributed by atoms with E-state index < -0.39 is 5.54 Å². The molecule has 2 N–H and O–H groups in total. The van der Waals surface area contributed by atoms with Gasteiger partial charge in [-0.2, -0.15) is 0 Å². The fraction of sp³-hybridized carbons (Fsp3) is 0.214. The number of amides is 1. The lowest BCUT2D eigenvalue weighted by Gasteiger charge is -2.19. The van der Waals surface area contributed by atoms with Crippen LogP contribution in [0.4, 0.5) is 0 Å². The molecule has 0 fully saturated rings. The molecule has 2 heterocycles. The third-order valence-electron chi connectivity index (χ3n) is 5.79. The molecule has 0 saturated carbocycles. The lowest BCUT2D eigenvalue weighted by Crippen LogP contribution is -2.28. The number of nitrogens with zero attached hydrogens (tertiary/aromatic N) is 2. The molecule has 0 unspecified atom stereocenters. The highest BCUT2D eigenvalue weighted by Crippen LogP contribution is 2.34. The lowest BCUT2D eigenvalue weighted by atomic mass is 9.94. The normalized spacial score (nSPS) is 12.2. The van der Waals surface area contributed by atoms with Crippen LogP contribution in [-0.2, 0) is 16.8 Å². The minimum atomic E-state index is -0.393. The summed E-state index contributed by atoms with van der Waals surface area (Å²) in [5.74, 6) is 0.0223. The fourth-order valence-electron chi connectivity index (χ4n) is 3.80. The van der Waals surface area contributed by atoms with E-state index in [1.165, 1.54) is 15.6 Å². The molecular formula is C28H29N3OS. The van der Waals surface area contributed by atoms with Gasteiger partial charge >= 0.3 is 0 Å². The van der Waals surface area contributed by atoms with Crippen LogP contribution < -0.4 is 5.73 Å². The molecular weight excluding hydrogens is 426 g/mol. The molecule has 0 saturated heterocycles. The van der Waals surface area contributed by atoms with Crippen molar-refractivity contribution in [2.24, 2.45) is 5.73 Å². The Morgan fingerprint density at radius 2 is 1.85 bits per heavy atom. The maximum Gasteiger partial charge on any atom is 0.230 e. The molecule has 168 valence electrons. The zero-order valence-corrected chi connectivity index (χ0v) is 20.3. The Morgan fingerprint density at radius 1 is 1.12 bits per heavy atom. The second kappa shape index (κ2) is 9.30. The summed E-state index contributed by atoms with van der Waals surface area (Å²) >= 11 is 1.75. The van der Waals surface area contributed by atoms with Gasteiger partial charge < -0.3 is 10.6 Å². The van der Waals surface area contributed by atoms with E-state index in [-0.39, 0.29) is 5.91 Å². The number of benzene rings is 2. The standard InChI is InChI=1S/C28H29N3OS/c1-19(17-31(4)27(32)15-20-9-11-22(12-10-20)28(2,3)29)25-16-21(13-14-30-25)24-18-33-26-8-6-5-7-23(24)26/h5-14,16-18H,15,29H2,1-4H3/b19-17+. The minimum Gasteiger partial charge on any atom is -0.322 e. The highest BCUT2D eigenvalue weighted by Gasteiger charge is 2.15. The van der Waals surface area contributed by atoms with E-state index in [9.17, 15) is 4.79 Å². The summed E-state index contributed by atoms with van der Waals surface area (Å²) in [5.41, 5.74) is 11.9. The molecule has 0 aliphatic rings. The zero-order chi connectivity index (χ0) is 23.6. The first-order valence-electron chi connectivity index (χ1n) is 11.0. The molecule has 4 nitrogen and oxygen atoms in total. The van der Waals surface area contributed by atoms with Crippen LogP contribution in [-0.4, -0.2) is 22.8 Å². The first kappa shape index (κ1) is 22.9. The van der Waals surface area contributed by atoms with Gasteiger partial charge in [0, 0.05) is 40.6 Å². The Hall–Kier alpha value is -3.28. The van der Waals surface area contributed by atoms with Crippen molar-refractivity contribution in [1.29, 1.82) is 0 Å². The average Bonchev–Trinajstić information content (AvgIpc) is 3.23. The average molecular weight is 456 g/mol. The summed E-state index contributed by atoms with van der Waals surface area (Å²) in [6.07, 6.45) is 4.02. The predicted molar refractivity (Wildman–Crippen MR) is 139 cm³/mol. The molecule has 0 aliphatic heterocycles. The lowest BCUT2D eigenvalue weighted by molar-refractivity contribution is -0.126. The molecule has 2 aromatic heterocycles. The largest absolute Gasteiger partial charge is 0.322 e. The Bertz CT molecular complexity index is 1310. The monoisotopic (exact) mass is 455 g/mol. The molecule has 33 heavy (non-hydrogen) atoms. The van der Waals surface area contributed by atoms with Crippen molar-refractivity contribution < 1.29 is 4.79 Å². The van der Waals surface area contributed by atoms with Gasteiger partial charge in [0.25, 0.3) is 0 Å². The second-order valence-corrected chi connectivity index (χ2v) is 9.90. The van der Waals surface area contributed by atoms with E-state index in [1.807, 2.05) is 63.5 Å². The molecule has 0 bridgehead atoms. The third kappa shape index (κ3) is 5.21. The van der Waals surface area contributed by atoms with Crippen molar-refractivity contribution in [3.05, 3.63) is 95.3 Å². The number of rotatable bonds is 6. The van der Waals surface area contributed by atoms with Crippen LogP contribution in [0, 0.1) is 0 Å². The number of pyridine rings is 1. The van der Waals surface area contributed by atoms with Crippen LogP contribution in [0.2, 0.25) is 0 Å². The molecule has 5 heteroatoms. The molecule has 4 aromatic rings. The maximum absolute atomic E-state index is 12.8. The molecule has 2 aromatic carbocycles. The van der Waals surface area contributed by atoms with E-state index in [4.69, 9.17) is 5.73 Å². The van der Waals surface area contributed by atoms with Gasteiger partial charge in [-0.25, -0.2) is 0 Å². The highest BCUT2D eigenvalue weighted by atomic mass is 32.1. The predicted octanol–water partition coefficient (Wildman–Crippen LogP) is 6.22. The van der Waals surface area contributed by atoms with Crippen molar-refractivity contribution in [3.8, 4) is 11.1 Å². The fourth-order valence-corrected chi connectivity index (χ4v) is 4.77. The van der Waals surface area contributed by atoms with E-state index in [2.05, 4.69) is 40.7 Å². The summed E-state index contributed by atoms with van der Waals surface area (Å²) in [6, 6.07) is 20.5. The topological polar surface area (TPSA) is 59.2 Å². The van der Waals surface area contributed by atoms with Crippen LogP contribution >= 0.6 is 11.3 Å². The quantitative estimate of drug-likeness (QED) is 0.375. The van der Waals surface area contributed by atoms with Crippen molar-refractivity contribution >= 4 is 32.9 Å². The van der Waals surface area contributed by atoms with Crippen molar-refractivity contribution in [1.82, 2.24) is 9.88 Å². The van der Waals surface area contributed by atoms with Crippen LogP contribution in [0.3, 0.4) is 0 Å². The third-order valence-corrected chi connectivity index (χ3v) is 6.75. The van der Waals surface area contributed by atoms with E-state index in [0.29, 0.717) is 6.42 Å². The van der Waals surface area contributed by atoms with E-state index in [0.717, 1.165) is 28.0 Å². The van der Waals surface area contributed by atoms with Crippen molar-refractivity contribution in [2.45, 2.75) is 32.7 Å². The van der Waals surface area contributed by atoms with E-state index >= 15 is 0 Å². The Morgan fingerprint density at radius 3 is 2.58 bits per heavy atom. The van der Waals surface area contributed by atoms with Gasteiger partial charge in [-0.1, -0.05) is 42.5 Å². The van der Waals surface area contributed by atoms with Crippen molar-refractivity contribution in [3.63, 3.8) is 0 Å². The number of allylic oxidation sites excluding steroid dienone is 1. The molecule has 1 amide bonds. The molecule has 4 rings (SSSR count). The number of nitrogens with two attached hydrogens (primary N) is 1. The van der Waals surface area contributed by atoms with Crippen LogP contribution in [0.5, 0.6) is 0 Å². The molecule has 0 atom stereocenters. The number of carbonyl (C=O) groups is 1. The summed E-state index contributed by atoms with van der Waals surface area (Å²) in [5, 5.41) is 3.44. The maximum atomic E-state index is 12.8. The van der Waals surface area contributed by atoms with Crippen molar-refractivity contribution in [2.75, 3.05) is 7.05 Å². The molecule has 0 radical (unpaired) electrons. The Kier molecular flexibility index (Phi) is 6.45. The summed E-state index contributed by atoms with van der Waals surface area (Å²) in [7, 11) is 1.79. The van der Waals surface area contributed by atoms with Gasteiger partial charge in [-0.05, 0) is 66.6 Å². The first-order chi connectivity index (χ1) is 15.7. The van der Waals surface area contributed by atoms with Gasteiger partial charge in [-0.3, -0.25) is 9.78 Å². The van der Waals surface area contributed by atoms with Crippen LogP contribution in [0.1, 0.15) is 37.6 Å². The van der Waals surface area contributed by atoms with E-state index in [1.54, 1.807) is 23.3 Å². The number of likely N-dealkylation sites (N-methyl/N-ethyl adjacent to an activating group) is 1. The Labute approximate surface area is 199 Å². The van der Waals surface area contributed by atoms with Crippen LogP contribution in [0.25, 0.3) is 26.8 Å². The summed E-state index contributed by atoms with van der Waals surface area (Å²) in [4.78, 5) is 19.0. The minimum absolute atomic E-state index is 0.0223. The summed E-state index contributed by atoms with van der Waals surface area (Å²) in [6.45, 7) is 5.93. The number of hydrogen-bond donors (Lipinski definition) is 1. The number of fused-ring (bicyclic) bond motifs is 1. The van der Waals surface area contributed by atoms with Crippen LogP contribution in [0.15, 0.2) is 78.4 Å². The van der Waals surface area contributed by atoms with Gasteiger partial charge in [0.05, 0.1) is 12.1 Å². The smallest absolute Gasteiger partial charge is 0.230 e. The van der Waals surface area contributed by atoms with Gasteiger partial charge in [0.15, 0.2) is 0 Å². The number of thiophene rings is 1. The summed E-state index contributed by atoms with van der Waals surface area (Å²) < 4.78 is 1.27. The second-order valence-electron chi connectivity index (χ2n) is 8.99. The van der Waals surface area contributed by atoms with Gasteiger partial charge in [0.2, 0.25) is 5.91 Å². The highest BCUT2D eigenvalue weighted by molar-refractivity contribution is 7.17. The number of hydrogen-bond acceptors (Lipinski definition) is 4. The Balaban J connectivity index is 1.50.